The Morgan fingerprint density at radius 1 is 1.21 bits per heavy atom. The lowest BCUT2D eigenvalue weighted by molar-refractivity contribution is 0.0373. The number of amides is 1. The number of amidine groups is 1. The van der Waals surface area contributed by atoms with Gasteiger partial charge in [-0.1, -0.05) is 23.7 Å². The van der Waals surface area contributed by atoms with E-state index >= 15 is 0 Å². The van der Waals surface area contributed by atoms with Crippen molar-refractivity contribution in [2.75, 3.05) is 44.7 Å². The minimum Gasteiger partial charge on any atom is -0.407 e. The molecule has 4 N–H and O–H groups in total. The van der Waals surface area contributed by atoms with Gasteiger partial charge >= 0.3 is 0 Å². The zero-order valence-electron chi connectivity index (χ0n) is 18.2. The summed E-state index contributed by atoms with van der Waals surface area (Å²) in [5.74, 6) is -1.49. The number of carbonyl (C=O) groups is 1. The number of nitrogens with zero attached hydrogens (tertiary/aromatic N) is 2. The van der Waals surface area contributed by atoms with E-state index in [4.69, 9.17) is 32.2 Å². The summed E-state index contributed by atoms with van der Waals surface area (Å²) in [4.78, 5) is 18.8. The van der Waals surface area contributed by atoms with Crippen LogP contribution in [-0.4, -0.2) is 62.1 Å². The Labute approximate surface area is 197 Å². The summed E-state index contributed by atoms with van der Waals surface area (Å²) < 4.78 is 24.4. The minimum atomic E-state index is -0.622. The van der Waals surface area contributed by atoms with Gasteiger partial charge in [-0.15, -0.1) is 0 Å². The highest BCUT2D eigenvalue weighted by Crippen LogP contribution is 2.22. The molecular formula is C23H27ClFN5O3. The number of nitrogens with one attached hydrogen (secondary N) is 2. The van der Waals surface area contributed by atoms with Crippen LogP contribution in [0.5, 0.6) is 0 Å². The molecule has 33 heavy (non-hydrogen) atoms. The van der Waals surface area contributed by atoms with Crippen LogP contribution in [-0.2, 0) is 9.47 Å². The topological polar surface area (TPSA) is 113 Å². The Bertz CT molecular complexity index is 1010. The van der Waals surface area contributed by atoms with Crippen LogP contribution in [0.3, 0.4) is 0 Å². The number of benzene rings is 2. The first kappa shape index (κ1) is 24.6. The molecule has 1 fully saturated rings. The van der Waals surface area contributed by atoms with Gasteiger partial charge in [-0.3, -0.25) is 15.1 Å². The van der Waals surface area contributed by atoms with Gasteiger partial charge in [0.25, 0.3) is 11.9 Å². The maximum absolute atomic E-state index is 13.8. The predicted octanol–water partition coefficient (Wildman–Crippen LogP) is 3.50. The van der Waals surface area contributed by atoms with Crippen molar-refractivity contribution in [3.05, 3.63) is 64.4 Å². The highest BCUT2D eigenvalue weighted by Gasteiger charge is 2.14. The number of aliphatic imine (C=N–C) groups is 1. The summed E-state index contributed by atoms with van der Waals surface area (Å²) >= 11 is 6.25. The number of morpholine rings is 1. The summed E-state index contributed by atoms with van der Waals surface area (Å²) in [6, 6.07) is 10.1. The largest absolute Gasteiger partial charge is 0.407 e. The Kier molecular flexibility index (Phi) is 9.17. The molecule has 10 heteroatoms. The van der Waals surface area contributed by atoms with E-state index < -0.39 is 11.7 Å². The lowest BCUT2D eigenvalue weighted by Gasteiger charge is -2.26. The fourth-order valence-electron chi connectivity index (χ4n) is 3.27. The maximum Gasteiger partial charge on any atom is 0.288 e. The van der Waals surface area contributed by atoms with E-state index in [1.165, 1.54) is 36.4 Å². The van der Waals surface area contributed by atoms with Gasteiger partial charge in [-0.2, -0.15) is 0 Å². The second-order valence-corrected chi connectivity index (χ2v) is 7.85. The van der Waals surface area contributed by atoms with Crippen LogP contribution < -0.4 is 11.1 Å². The number of carbonyl (C=O) groups excluding carboxylic acids is 1. The van der Waals surface area contributed by atoms with Crippen molar-refractivity contribution in [1.82, 2.24) is 4.90 Å². The average Bonchev–Trinajstić information content (AvgIpc) is 2.79. The summed E-state index contributed by atoms with van der Waals surface area (Å²) in [5.41, 5.74) is 6.34. The van der Waals surface area contributed by atoms with Crippen LogP contribution in [0.4, 0.5) is 10.1 Å². The van der Waals surface area contributed by atoms with Gasteiger partial charge in [0.2, 0.25) is 5.90 Å². The molecule has 1 aliphatic heterocycles. The molecule has 8 nitrogen and oxygen atoms in total. The van der Waals surface area contributed by atoms with Crippen molar-refractivity contribution >= 4 is 35.1 Å². The molecule has 1 aliphatic rings. The molecule has 176 valence electrons. The normalized spacial score (nSPS) is 14.7. The van der Waals surface area contributed by atoms with Gasteiger partial charge in [0.05, 0.1) is 29.4 Å². The van der Waals surface area contributed by atoms with Crippen molar-refractivity contribution in [2.24, 2.45) is 10.7 Å². The SMILES string of the molecule is N=C(OC(N)=NCCCCN1CCOCC1)c1ccc(NC(=O)c2ccccc2F)cc1Cl. The first-order valence-electron chi connectivity index (χ1n) is 10.7. The van der Waals surface area contributed by atoms with E-state index in [2.05, 4.69) is 15.2 Å². The molecule has 0 saturated carbocycles. The molecule has 0 aromatic heterocycles. The molecule has 0 atom stereocenters. The fraction of sp³-hybridized carbons (Fsp3) is 0.348. The number of anilines is 1. The molecule has 0 radical (unpaired) electrons. The number of nitrogens with two attached hydrogens (primary N) is 1. The quantitative estimate of drug-likeness (QED) is 0.307. The monoisotopic (exact) mass is 475 g/mol. The second kappa shape index (κ2) is 12.3. The molecule has 2 aromatic carbocycles. The molecule has 0 spiro atoms. The Hall–Kier alpha value is -3.01. The third-order valence-electron chi connectivity index (χ3n) is 5.05. The maximum atomic E-state index is 13.8. The van der Waals surface area contributed by atoms with Crippen LogP contribution in [0.15, 0.2) is 47.5 Å². The molecule has 0 unspecified atom stereocenters. The fourth-order valence-corrected chi connectivity index (χ4v) is 3.54. The van der Waals surface area contributed by atoms with Crippen LogP contribution in [0.1, 0.15) is 28.8 Å². The van der Waals surface area contributed by atoms with Crippen molar-refractivity contribution in [3.63, 3.8) is 0 Å². The number of rotatable bonds is 8. The Morgan fingerprint density at radius 3 is 2.70 bits per heavy atom. The average molecular weight is 476 g/mol. The molecule has 0 bridgehead atoms. The van der Waals surface area contributed by atoms with E-state index in [0.29, 0.717) is 12.2 Å². The summed E-state index contributed by atoms with van der Waals surface area (Å²) in [7, 11) is 0. The van der Waals surface area contributed by atoms with E-state index in [1.807, 2.05) is 0 Å². The van der Waals surface area contributed by atoms with E-state index in [1.54, 1.807) is 6.07 Å². The van der Waals surface area contributed by atoms with E-state index in [-0.39, 0.29) is 28.1 Å². The Balaban J connectivity index is 1.47. The van der Waals surface area contributed by atoms with Gasteiger partial charge in [-0.25, -0.2) is 9.38 Å². The second-order valence-electron chi connectivity index (χ2n) is 7.44. The minimum absolute atomic E-state index is 0.0808. The zero-order chi connectivity index (χ0) is 23.6. The summed E-state index contributed by atoms with van der Waals surface area (Å²) in [5, 5.41) is 10.9. The standard InChI is InChI=1S/C23H27ClFN5O3/c24-19-15-16(29-22(31)18-5-1-2-6-20(18)25)7-8-17(19)21(26)33-23(27)28-9-3-4-10-30-11-13-32-14-12-30/h1-2,5-8,15,26H,3-4,9-14H2,(H2,27,28)(H,29,31). The van der Waals surface area contributed by atoms with Crippen LogP contribution in [0, 0.1) is 11.2 Å². The van der Waals surface area contributed by atoms with E-state index in [0.717, 1.165) is 45.7 Å². The first-order chi connectivity index (χ1) is 15.9. The van der Waals surface area contributed by atoms with Crippen LogP contribution >= 0.6 is 11.6 Å². The molecule has 1 saturated heterocycles. The smallest absolute Gasteiger partial charge is 0.288 e. The third-order valence-corrected chi connectivity index (χ3v) is 5.36. The highest BCUT2D eigenvalue weighted by molar-refractivity contribution is 6.34. The molecule has 1 heterocycles. The Morgan fingerprint density at radius 2 is 1.97 bits per heavy atom. The van der Waals surface area contributed by atoms with E-state index in [9.17, 15) is 9.18 Å². The lowest BCUT2D eigenvalue weighted by Crippen LogP contribution is -2.36. The molecular weight excluding hydrogens is 449 g/mol. The number of hydrogen-bond donors (Lipinski definition) is 3. The number of hydrogen-bond acceptors (Lipinski definition) is 6. The molecule has 3 rings (SSSR count). The molecule has 2 aromatic rings. The number of ether oxygens (including phenoxy) is 2. The number of unbranched alkanes of at least 4 members (excludes halogenated alkanes) is 1. The van der Waals surface area contributed by atoms with Gasteiger partial charge < -0.3 is 20.5 Å². The van der Waals surface area contributed by atoms with Gasteiger partial charge in [0.1, 0.15) is 5.82 Å². The molecule has 0 aliphatic carbocycles. The predicted molar refractivity (Wildman–Crippen MR) is 127 cm³/mol. The van der Waals surface area contributed by atoms with Crippen LogP contribution in [0.25, 0.3) is 0 Å². The van der Waals surface area contributed by atoms with Gasteiger partial charge in [0, 0.05) is 25.3 Å². The first-order valence-corrected chi connectivity index (χ1v) is 11.0. The third kappa shape index (κ3) is 7.52. The summed E-state index contributed by atoms with van der Waals surface area (Å²) in [6.07, 6.45) is 1.84. The van der Waals surface area contributed by atoms with Gasteiger partial charge in [-0.05, 0) is 49.7 Å². The van der Waals surface area contributed by atoms with Crippen molar-refractivity contribution in [1.29, 1.82) is 5.41 Å². The van der Waals surface area contributed by atoms with Crippen molar-refractivity contribution < 1.29 is 18.7 Å². The van der Waals surface area contributed by atoms with Crippen LogP contribution in [0.2, 0.25) is 5.02 Å². The lowest BCUT2D eigenvalue weighted by atomic mass is 10.1. The highest BCUT2D eigenvalue weighted by atomic mass is 35.5. The van der Waals surface area contributed by atoms with Crippen molar-refractivity contribution in [2.45, 2.75) is 12.8 Å². The molecule has 1 amide bonds. The van der Waals surface area contributed by atoms with Gasteiger partial charge in [0.15, 0.2) is 0 Å². The summed E-state index contributed by atoms with van der Waals surface area (Å²) in [6.45, 7) is 4.96. The van der Waals surface area contributed by atoms with Crippen molar-refractivity contribution in [3.8, 4) is 0 Å². The zero-order valence-corrected chi connectivity index (χ0v) is 18.9. The number of halogens is 2.